The van der Waals surface area contributed by atoms with Crippen LogP contribution in [0.5, 0.6) is 0 Å². The lowest BCUT2D eigenvalue weighted by molar-refractivity contribution is -0.0679. The van der Waals surface area contributed by atoms with Crippen molar-refractivity contribution in [2.24, 2.45) is 5.73 Å². The molecule has 2 unspecified atom stereocenters. The van der Waals surface area contributed by atoms with Gasteiger partial charge in [-0.1, -0.05) is 6.92 Å². The summed E-state index contributed by atoms with van der Waals surface area (Å²) in [5.74, 6) is 0.407. The Bertz CT molecular complexity index is 282. The van der Waals surface area contributed by atoms with Gasteiger partial charge < -0.3 is 10.5 Å². The number of nitrogens with two attached hydrogens (primary N) is 1. The lowest BCUT2D eigenvalue weighted by Crippen LogP contribution is -2.40. The van der Waals surface area contributed by atoms with Crippen molar-refractivity contribution in [3.8, 4) is 0 Å². The average molecular weight is 221 g/mol. The van der Waals surface area contributed by atoms with E-state index in [1.807, 2.05) is 13.8 Å². The maximum absolute atomic E-state index is 11.2. The Morgan fingerprint density at radius 1 is 1.57 bits per heavy atom. The monoisotopic (exact) mass is 221 g/mol. The topological polar surface area (TPSA) is 69.4 Å². The van der Waals surface area contributed by atoms with Crippen molar-refractivity contribution >= 4 is 9.84 Å². The smallest absolute Gasteiger partial charge is 0.152 e. The maximum Gasteiger partial charge on any atom is 0.152 e. The van der Waals surface area contributed by atoms with E-state index in [1.54, 1.807) is 0 Å². The molecule has 1 aliphatic heterocycles. The predicted octanol–water partition coefficient (Wildman–Crippen LogP) is 0.317. The fourth-order valence-electron chi connectivity index (χ4n) is 1.53. The molecule has 2 N–H and O–H groups in total. The van der Waals surface area contributed by atoms with E-state index < -0.39 is 9.84 Å². The molecule has 2 atom stereocenters. The molecule has 0 aromatic carbocycles. The van der Waals surface area contributed by atoms with Crippen LogP contribution in [0.15, 0.2) is 0 Å². The third-order valence-corrected chi connectivity index (χ3v) is 4.56. The molecule has 14 heavy (non-hydrogen) atoms. The summed E-state index contributed by atoms with van der Waals surface area (Å²) >= 11 is 0. The first-order valence-corrected chi connectivity index (χ1v) is 6.81. The van der Waals surface area contributed by atoms with Crippen LogP contribution in [0.1, 0.15) is 26.7 Å². The van der Waals surface area contributed by atoms with Crippen LogP contribution < -0.4 is 5.73 Å². The molecule has 4 nitrogen and oxygen atoms in total. The van der Waals surface area contributed by atoms with Gasteiger partial charge in [0.15, 0.2) is 9.84 Å². The molecule has 5 heteroatoms. The number of hydrogen-bond donors (Lipinski definition) is 1. The highest BCUT2D eigenvalue weighted by molar-refractivity contribution is 7.91. The van der Waals surface area contributed by atoms with E-state index in [0.717, 1.165) is 6.42 Å². The van der Waals surface area contributed by atoms with E-state index in [0.29, 0.717) is 13.0 Å². The molecule has 0 saturated carbocycles. The summed E-state index contributed by atoms with van der Waals surface area (Å²) in [6.45, 7) is 4.36. The van der Waals surface area contributed by atoms with E-state index in [1.165, 1.54) is 0 Å². The largest absolute Gasteiger partial charge is 0.370 e. The van der Waals surface area contributed by atoms with Crippen molar-refractivity contribution < 1.29 is 13.2 Å². The van der Waals surface area contributed by atoms with Gasteiger partial charge in [-0.15, -0.1) is 0 Å². The van der Waals surface area contributed by atoms with Gasteiger partial charge in [0, 0.05) is 6.54 Å². The Hall–Kier alpha value is -0.130. The minimum absolute atomic E-state index is 0.155. The molecule has 0 aromatic heterocycles. The molecular formula is C9H19NO3S. The minimum Gasteiger partial charge on any atom is -0.370 e. The zero-order valence-corrected chi connectivity index (χ0v) is 9.64. The summed E-state index contributed by atoms with van der Waals surface area (Å²) in [5, 5.41) is 0. The summed E-state index contributed by atoms with van der Waals surface area (Å²) in [7, 11) is -2.85. The molecule has 1 heterocycles. The summed E-state index contributed by atoms with van der Waals surface area (Å²) in [6, 6.07) is 0. The highest BCUT2D eigenvalue weighted by Crippen LogP contribution is 2.22. The summed E-state index contributed by atoms with van der Waals surface area (Å²) < 4.78 is 28.1. The highest BCUT2D eigenvalue weighted by atomic mass is 32.2. The molecule has 0 bridgehead atoms. The molecule has 0 radical (unpaired) electrons. The maximum atomic E-state index is 11.2. The molecule has 1 aliphatic rings. The first kappa shape index (κ1) is 11.9. The SMILES string of the molecule is CCC(C)(CN)OC1CCS(=O)(=O)C1. The van der Waals surface area contributed by atoms with E-state index in [2.05, 4.69) is 0 Å². The number of ether oxygens (including phenoxy) is 1. The first-order valence-electron chi connectivity index (χ1n) is 4.99. The normalized spacial score (nSPS) is 30.1. The Morgan fingerprint density at radius 3 is 2.57 bits per heavy atom. The van der Waals surface area contributed by atoms with Gasteiger partial charge in [0.25, 0.3) is 0 Å². The number of hydrogen-bond acceptors (Lipinski definition) is 4. The zero-order valence-electron chi connectivity index (χ0n) is 8.82. The molecule has 0 aliphatic carbocycles. The van der Waals surface area contributed by atoms with Crippen molar-refractivity contribution in [3.63, 3.8) is 0 Å². The lowest BCUT2D eigenvalue weighted by atomic mass is 10.0. The second-order valence-electron chi connectivity index (χ2n) is 4.15. The third-order valence-electron chi connectivity index (χ3n) is 2.82. The summed E-state index contributed by atoms with van der Waals surface area (Å²) in [4.78, 5) is 0. The van der Waals surface area contributed by atoms with Crippen molar-refractivity contribution in [2.45, 2.75) is 38.4 Å². The van der Waals surface area contributed by atoms with Gasteiger partial charge in [0.05, 0.1) is 23.2 Å². The van der Waals surface area contributed by atoms with E-state index in [9.17, 15) is 8.42 Å². The van der Waals surface area contributed by atoms with Gasteiger partial charge in [0.2, 0.25) is 0 Å². The second-order valence-corrected chi connectivity index (χ2v) is 6.38. The summed E-state index contributed by atoms with van der Waals surface area (Å²) in [6.07, 6.45) is 1.26. The zero-order chi connectivity index (χ0) is 10.8. The van der Waals surface area contributed by atoms with Crippen LogP contribution in [-0.4, -0.2) is 38.2 Å². The van der Waals surface area contributed by atoms with Gasteiger partial charge in [-0.25, -0.2) is 8.42 Å². The first-order chi connectivity index (χ1) is 6.41. The van der Waals surface area contributed by atoms with E-state index >= 15 is 0 Å². The Labute approximate surface area is 85.7 Å². The quantitative estimate of drug-likeness (QED) is 0.742. The van der Waals surface area contributed by atoms with E-state index in [4.69, 9.17) is 10.5 Å². The molecular weight excluding hydrogens is 202 g/mol. The summed E-state index contributed by atoms with van der Waals surface area (Å²) in [5.41, 5.74) is 5.22. The Kier molecular flexibility index (Phi) is 3.55. The van der Waals surface area contributed by atoms with Crippen molar-refractivity contribution in [3.05, 3.63) is 0 Å². The van der Waals surface area contributed by atoms with E-state index in [-0.39, 0.29) is 23.2 Å². The fraction of sp³-hybridized carbons (Fsp3) is 1.00. The van der Waals surface area contributed by atoms with Crippen molar-refractivity contribution in [1.29, 1.82) is 0 Å². The lowest BCUT2D eigenvalue weighted by Gasteiger charge is -2.30. The van der Waals surface area contributed by atoms with Crippen LogP contribution in [0.4, 0.5) is 0 Å². The molecule has 1 rings (SSSR count). The van der Waals surface area contributed by atoms with Crippen LogP contribution in [0.25, 0.3) is 0 Å². The molecule has 0 amide bonds. The van der Waals surface area contributed by atoms with Gasteiger partial charge in [0.1, 0.15) is 0 Å². The van der Waals surface area contributed by atoms with Crippen LogP contribution >= 0.6 is 0 Å². The second kappa shape index (κ2) is 4.16. The molecule has 1 fully saturated rings. The Morgan fingerprint density at radius 2 is 2.21 bits per heavy atom. The van der Waals surface area contributed by atoms with Crippen LogP contribution in [0.2, 0.25) is 0 Å². The van der Waals surface area contributed by atoms with Gasteiger partial charge in [-0.3, -0.25) is 0 Å². The molecule has 84 valence electrons. The average Bonchev–Trinajstić information content (AvgIpc) is 2.45. The van der Waals surface area contributed by atoms with Gasteiger partial charge in [-0.05, 0) is 19.8 Å². The van der Waals surface area contributed by atoms with Gasteiger partial charge in [-0.2, -0.15) is 0 Å². The van der Waals surface area contributed by atoms with Crippen LogP contribution in [-0.2, 0) is 14.6 Å². The third kappa shape index (κ3) is 2.93. The minimum atomic E-state index is -2.85. The number of sulfone groups is 1. The van der Waals surface area contributed by atoms with Crippen molar-refractivity contribution in [1.82, 2.24) is 0 Å². The predicted molar refractivity (Wildman–Crippen MR) is 55.9 cm³/mol. The van der Waals surface area contributed by atoms with Crippen LogP contribution in [0, 0.1) is 0 Å². The molecule has 0 aromatic rings. The number of rotatable bonds is 4. The Balaban J connectivity index is 2.54. The standard InChI is InChI=1S/C9H19NO3S/c1-3-9(2,7-10)13-8-4-5-14(11,12)6-8/h8H,3-7,10H2,1-2H3. The molecule has 0 spiro atoms. The molecule has 1 saturated heterocycles. The van der Waals surface area contributed by atoms with Crippen LogP contribution in [0.3, 0.4) is 0 Å². The van der Waals surface area contributed by atoms with Gasteiger partial charge >= 0.3 is 0 Å². The van der Waals surface area contributed by atoms with Crippen molar-refractivity contribution in [2.75, 3.05) is 18.1 Å². The fourth-order valence-corrected chi connectivity index (χ4v) is 3.12. The highest BCUT2D eigenvalue weighted by Gasteiger charge is 2.33.